The lowest BCUT2D eigenvalue weighted by Crippen LogP contribution is -2.44. The number of carbonyl (C=O) groups excluding carboxylic acids is 1. The van der Waals surface area contributed by atoms with Crippen LogP contribution in [-0.4, -0.2) is 43.7 Å². The van der Waals surface area contributed by atoms with E-state index in [1.807, 2.05) is 19.1 Å². The summed E-state index contributed by atoms with van der Waals surface area (Å²) in [6.45, 7) is 4.35. The first-order chi connectivity index (χ1) is 14.6. The zero-order chi connectivity index (χ0) is 21.3. The Morgan fingerprint density at radius 1 is 1.10 bits per heavy atom. The van der Waals surface area contributed by atoms with Crippen LogP contribution in [0.5, 0.6) is 11.5 Å². The Kier molecular flexibility index (Phi) is 8.08. The predicted octanol–water partition coefficient (Wildman–Crippen LogP) is 4.34. The van der Waals surface area contributed by atoms with Gasteiger partial charge in [0.05, 0.1) is 13.2 Å². The first kappa shape index (κ1) is 22.1. The first-order valence-corrected chi connectivity index (χ1v) is 10.7. The Labute approximate surface area is 178 Å². The van der Waals surface area contributed by atoms with Gasteiger partial charge in [-0.25, -0.2) is 4.39 Å². The minimum atomic E-state index is -0.736. The van der Waals surface area contributed by atoms with E-state index in [0.717, 1.165) is 37.2 Å². The monoisotopic (exact) mass is 414 g/mol. The van der Waals surface area contributed by atoms with Gasteiger partial charge < -0.3 is 14.8 Å². The Morgan fingerprint density at radius 2 is 1.80 bits per heavy atom. The maximum Gasteiger partial charge on any atom is 0.261 e. The smallest absolute Gasteiger partial charge is 0.261 e. The molecule has 0 aromatic heterocycles. The number of ether oxygens (including phenoxy) is 2. The Bertz CT molecular complexity index is 806. The van der Waals surface area contributed by atoms with Gasteiger partial charge in [0.2, 0.25) is 0 Å². The second-order valence-electron chi connectivity index (χ2n) is 7.58. The molecule has 1 amide bonds. The lowest BCUT2D eigenvalue weighted by molar-refractivity contribution is -0.128. The number of para-hydroxylation sites is 1. The van der Waals surface area contributed by atoms with Crippen molar-refractivity contribution in [2.75, 3.05) is 26.7 Å². The lowest BCUT2D eigenvalue weighted by atomic mass is 10.0. The number of carbonyl (C=O) groups is 1. The van der Waals surface area contributed by atoms with Gasteiger partial charge >= 0.3 is 0 Å². The van der Waals surface area contributed by atoms with E-state index in [-0.39, 0.29) is 17.7 Å². The van der Waals surface area contributed by atoms with Crippen molar-refractivity contribution in [1.82, 2.24) is 10.2 Å². The highest BCUT2D eigenvalue weighted by atomic mass is 19.1. The number of rotatable bonds is 9. The van der Waals surface area contributed by atoms with E-state index in [1.54, 1.807) is 25.3 Å². The average molecular weight is 415 g/mol. The molecule has 0 radical (unpaired) electrons. The van der Waals surface area contributed by atoms with Crippen molar-refractivity contribution >= 4 is 5.91 Å². The third-order valence-corrected chi connectivity index (χ3v) is 5.57. The third kappa shape index (κ3) is 5.72. The van der Waals surface area contributed by atoms with Crippen molar-refractivity contribution in [2.45, 2.75) is 44.8 Å². The molecule has 1 saturated heterocycles. The summed E-state index contributed by atoms with van der Waals surface area (Å²) in [6.07, 6.45) is 3.28. The van der Waals surface area contributed by atoms with E-state index in [4.69, 9.17) is 9.47 Å². The van der Waals surface area contributed by atoms with Crippen LogP contribution >= 0.6 is 0 Å². The minimum Gasteiger partial charge on any atom is -0.497 e. The van der Waals surface area contributed by atoms with Crippen molar-refractivity contribution in [2.24, 2.45) is 0 Å². The topological polar surface area (TPSA) is 50.8 Å². The molecule has 2 atom stereocenters. The zero-order valence-corrected chi connectivity index (χ0v) is 17.8. The summed E-state index contributed by atoms with van der Waals surface area (Å²) in [6, 6.07) is 14.2. The van der Waals surface area contributed by atoms with Crippen LogP contribution in [0, 0.1) is 5.82 Å². The van der Waals surface area contributed by atoms with Crippen LogP contribution < -0.4 is 14.8 Å². The van der Waals surface area contributed by atoms with Crippen LogP contribution in [0.15, 0.2) is 48.5 Å². The maximum absolute atomic E-state index is 13.9. The molecule has 1 aliphatic heterocycles. The number of methoxy groups -OCH3 is 1. The molecular formula is C24H31FN2O3. The number of benzene rings is 2. The summed E-state index contributed by atoms with van der Waals surface area (Å²) < 4.78 is 24.8. The van der Waals surface area contributed by atoms with Crippen molar-refractivity contribution in [3.63, 3.8) is 0 Å². The summed E-state index contributed by atoms with van der Waals surface area (Å²) >= 11 is 0. The molecule has 0 saturated carbocycles. The molecule has 3 rings (SSSR count). The van der Waals surface area contributed by atoms with Gasteiger partial charge in [-0.1, -0.05) is 37.6 Å². The summed E-state index contributed by atoms with van der Waals surface area (Å²) in [4.78, 5) is 15.2. The average Bonchev–Trinajstić information content (AvgIpc) is 2.79. The van der Waals surface area contributed by atoms with Crippen molar-refractivity contribution in [3.8, 4) is 11.5 Å². The van der Waals surface area contributed by atoms with E-state index < -0.39 is 11.9 Å². The SMILES string of the molecule is CC[C@@H](Oc1ccccc1F)C(=O)NC[C@@H](c1ccc(OC)cc1)N1CCCCC1. The largest absolute Gasteiger partial charge is 0.497 e. The molecule has 2 aromatic rings. The third-order valence-electron chi connectivity index (χ3n) is 5.57. The van der Waals surface area contributed by atoms with E-state index >= 15 is 0 Å². The fourth-order valence-corrected chi connectivity index (χ4v) is 3.84. The van der Waals surface area contributed by atoms with Gasteiger partial charge in [-0.3, -0.25) is 9.69 Å². The normalized spacial score (nSPS) is 16.5. The number of hydrogen-bond acceptors (Lipinski definition) is 4. The number of halogens is 1. The van der Waals surface area contributed by atoms with E-state index in [1.165, 1.54) is 12.5 Å². The van der Waals surface area contributed by atoms with Crippen molar-refractivity contribution < 1.29 is 18.7 Å². The molecule has 0 spiro atoms. The van der Waals surface area contributed by atoms with Crippen molar-refractivity contribution in [1.29, 1.82) is 0 Å². The van der Waals surface area contributed by atoms with Crippen LogP contribution in [0.4, 0.5) is 4.39 Å². The van der Waals surface area contributed by atoms with Gasteiger partial charge in [-0.05, 0) is 62.2 Å². The zero-order valence-electron chi connectivity index (χ0n) is 17.8. The van der Waals surface area contributed by atoms with Gasteiger partial charge in [0, 0.05) is 6.54 Å². The highest BCUT2D eigenvalue weighted by molar-refractivity contribution is 5.81. The summed E-state index contributed by atoms with van der Waals surface area (Å²) in [5.74, 6) is 0.219. The van der Waals surface area contributed by atoms with Crippen LogP contribution in [0.1, 0.15) is 44.2 Å². The summed E-state index contributed by atoms with van der Waals surface area (Å²) in [5.41, 5.74) is 1.14. The fraction of sp³-hybridized carbons (Fsp3) is 0.458. The second-order valence-corrected chi connectivity index (χ2v) is 7.58. The Hall–Kier alpha value is -2.60. The maximum atomic E-state index is 13.9. The van der Waals surface area contributed by atoms with E-state index in [2.05, 4.69) is 22.3 Å². The molecule has 6 heteroatoms. The molecule has 1 aliphatic rings. The quantitative estimate of drug-likeness (QED) is 0.663. The molecule has 1 heterocycles. The van der Waals surface area contributed by atoms with Crippen LogP contribution in [0.25, 0.3) is 0 Å². The molecule has 5 nitrogen and oxygen atoms in total. The lowest BCUT2D eigenvalue weighted by Gasteiger charge is -2.35. The summed E-state index contributed by atoms with van der Waals surface area (Å²) in [5, 5.41) is 3.04. The number of amides is 1. The molecule has 2 aromatic carbocycles. The fourth-order valence-electron chi connectivity index (χ4n) is 3.84. The van der Waals surface area contributed by atoms with Gasteiger partial charge in [0.25, 0.3) is 5.91 Å². The molecule has 30 heavy (non-hydrogen) atoms. The van der Waals surface area contributed by atoms with Gasteiger partial charge in [0.1, 0.15) is 5.75 Å². The molecule has 0 unspecified atom stereocenters. The van der Waals surface area contributed by atoms with Crippen LogP contribution in [-0.2, 0) is 4.79 Å². The molecule has 1 N–H and O–H groups in total. The molecule has 0 bridgehead atoms. The number of piperidine rings is 1. The number of hydrogen-bond donors (Lipinski definition) is 1. The Morgan fingerprint density at radius 3 is 2.43 bits per heavy atom. The molecular weight excluding hydrogens is 383 g/mol. The summed E-state index contributed by atoms with van der Waals surface area (Å²) in [7, 11) is 1.65. The molecule has 0 aliphatic carbocycles. The highest BCUT2D eigenvalue weighted by Crippen LogP contribution is 2.26. The van der Waals surface area contributed by atoms with Crippen molar-refractivity contribution in [3.05, 3.63) is 59.9 Å². The first-order valence-electron chi connectivity index (χ1n) is 10.7. The standard InChI is InChI=1S/C24H31FN2O3/c1-3-22(30-23-10-6-5-9-20(23)25)24(28)26-17-21(27-15-7-4-8-16-27)18-11-13-19(29-2)14-12-18/h5-6,9-14,21-22H,3-4,7-8,15-17H2,1-2H3,(H,26,28)/t21-,22+/m0/s1. The van der Waals surface area contributed by atoms with Gasteiger partial charge in [-0.15, -0.1) is 0 Å². The Balaban J connectivity index is 1.68. The number of nitrogens with zero attached hydrogens (tertiary/aromatic N) is 1. The highest BCUT2D eigenvalue weighted by Gasteiger charge is 2.25. The van der Waals surface area contributed by atoms with E-state index in [0.29, 0.717) is 13.0 Å². The number of nitrogens with one attached hydrogen (secondary N) is 1. The predicted molar refractivity (Wildman–Crippen MR) is 115 cm³/mol. The van der Waals surface area contributed by atoms with Crippen LogP contribution in [0.3, 0.4) is 0 Å². The molecule has 1 fully saturated rings. The number of likely N-dealkylation sites (tertiary alicyclic amines) is 1. The van der Waals surface area contributed by atoms with E-state index in [9.17, 15) is 9.18 Å². The minimum absolute atomic E-state index is 0.0751. The van der Waals surface area contributed by atoms with Gasteiger partial charge in [0.15, 0.2) is 17.7 Å². The second kappa shape index (κ2) is 11.0. The van der Waals surface area contributed by atoms with Gasteiger partial charge in [-0.2, -0.15) is 0 Å². The molecule has 162 valence electrons. The van der Waals surface area contributed by atoms with Crippen LogP contribution in [0.2, 0.25) is 0 Å².